The van der Waals surface area contributed by atoms with Gasteiger partial charge in [-0.05, 0) is 36.7 Å². The highest BCUT2D eigenvalue weighted by molar-refractivity contribution is 7.13. The minimum Gasteiger partial charge on any atom is -0.413 e. The van der Waals surface area contributed by atoms with Gasteiger partial charge in [-0.2, -0.15) is 0 Å². The molecule has 0 spiro atoms. The number of thiophene rings is 1. The zero-order valence-corrected chi connectivity index (χ0v) is 13.4. The van der Waals surface area contributed by atoms with E-state index in [0.29, 0.717) is 6.61 Å². The van der Waals surface area contributed by atoms with E-state index in [-0.39, 0.29) is 5.04 Å². The summed E-state index contributed by atoms with van der Waals surface area (Å²) in [6, 6.07) is 1.94. The summed E-state index contributed by atoms with van der Waals surface area (Å²) < 4.78 is 6.15. The van der Waals surface area contributed by atoms with E-state index >= 15 is 0 Å². The van der Waals surface area contributed by atoms with Gasteiger partial charge in [0.05, 0.1) is 11.5 Å². The van der Waals surface area contributed by atoms with Crippen molar-refractivity contribution in [3.05, 3.63) is 21.4 Å². The van der Waals surface area contributed by atoms with Gasteiger partial charge in [0.15, 0.2) is 14.6 Å². The summed E-state index contributed by atoms with van der Waals surface area (Å²) >= 11 is 1.54. The van der Waals surface area contributed by atoms with Gasteiger partial charge in [-0.15, -0.1) is 11.3 Å². The van der Waals surface area contributed by atoms with Crippen molar-refractivity contribution < 1.29 is 9.22 Å². The van der Waals surface area contributed by atoms with Crippen molar-refractivity contribution in [2.75, 3.05) is 0 Å². The third kappa shape index (κ3) is 3.50. The highest BCUT2D eigenvalue weighted by atomic mass is 32.1. The minimum absolute atomic E-state index is 0.227. The molecule has 2 nitrogen and oxygen atoms in total. The van der Waals surface area contributed by atoms with Crippen molar-refractivity contribution in [2.45, 2.75) is 52.4 Å². The van der Waals surface area contributed by atoms with Gasteiger partial charge in [0, 0.05) is 4.88 Å². The number of aldehydes is 1. The average molecular weight is 270 g/mol. The van der Waals surface area contributed by atoms with E-state index in [0.717, 1.165) is 16.7 Å². The molecule has 96 valence electrons. The molecule has 0 amide bonds. The fourth-order valence-electron chi connectivity index (χ4n) is 1.22. The van der Waals surface area contributed by atoms with Crippen molar-refractivity contribution in [3.63, 3.8) is 0 Å². The van der Waals surface area contributed by atoms with Gasteiger partial charge in [-0.3, -0.25) is 4.79 Å². The van der Waals surface area contributed by atoms with Crippen LogP contribution in [0.3, 0.4) is 0 Å². The number of carbonyl (C=O) groups excluding carboxylic acids is 1. The van der Waals surface area contributed by atoms with Crippen LogP contribution in [-0.4, -0.2) is 14.6 Å². The Morgan fingerprint density at radius 1 is 1.41 bits per heavy atom. The highest BCUT2D eigenvalue weighted by Gasteiger charge is 2.37. The Hall–Kier alpha value is -0.453. The Morgan fingerprint density at radius 2 is 2.00 bits per heavy atom. The van der Waals surface area contributed by atoms with E-state index in [4.69, 9.17) is 4.43 Å². The summed E-state index contributed by atoms with van der Waals surface area (Å²) in [5.41, 5.74) is 1.15. The topological polar surface area (TPSA) is 26.3 Å². The van der Waals surface area contributed by atoms with Gasteiger partial charge < -0.3 is 4.43 Å². The number of aryl methyl sites for hydroxylation is 1. The number of hydrogen-bond donors (Lipinski definition) is 0. The number of carbonyl (C=O) groups is 1. The van der Waals surface area contributed by atoms with Crippen molar-refractivity contribution >= 4 is 25.9 Å². The van der Waals surface area contributed by atoms with E-state index < -0.39 is 8.32 Å². The number of hydrogen-bond acceptors (Lipinski definition) is 3. The van der Waals surface area contributed by atoms with E-state index in [2.05, 4.69) is 33.9 Å². The normalized spacial score (nSPS) is 12.8. The smallest absolute Gasteiger partial charge is 0.192 e. The van der Waals surface area contributed by atoms with Crippen LogP contribution in [0.4, 0.5) is 0 Å². The molecule has 0 N–H and O–H groups in total. The first-order valence-electron chi connectivity index (χ1n) is 5.86. The fourth-order valence-corrected chi connectivity index (χ4v) is 3.02. The molecule has 4 heteroatoms. The Labute approximate surface area is 109 Å². The van der Waals surface area contributed by atoms with Crippen LogP contribution in [-0.2, 0) is 11.0 Å². The molecule has 0 aliphatic carbocycles. The standard InChI is InChI=1S/C13H22O2SSi/c1-10-11(7-12(8-14)16-10)9-15-17(5,6)13(2,3)4/h7-8H,9H2,1-6H3. The molecule has 0 aliphatic rings. The largest absolute Gasteiger partial charge is 0.413 e. The first-order valence-corrected chi connectivity index (χ1v) is 9.58. The maximum Gasteiger partial charge on any atom is 0.192 e. The number of rotatable bonds is 4. The lowest BCUT2D eigenvalue weighted by Crippen LogP contribution is -2.40. The maximum atomic E-state index is 10.7. The molecule has 1 aromatic heterocycles. The van der Waals surface area contributed by atoms with Gasteiger partial charge >= 0.3 is 0 Å². The summed E-state index contributed by atoms with van der Waals surface area (Å²) in [6.07, 6.45) is 0.910. The molecule has 0 aliphatic heterocycles. The minimum atomic E-state index is -1.70. The SMILES string of the molecule is Cc1sc(C=O)cc1CO[Si](C)(C)C(C)(C)C. The molecule has 0 bridgehead atoms. The van der Waals surface area contributed by atoms with Gasteiger partial charge in [-0.25, -0.2) is 0 Å². The Bertz CT molecular complexity index is 402. The van der Waals surface area contributed by atoms with Crippen LogP contribution < -0.4 is 0 Å². The summed E-state index contributed by atoms with van der Waals surface area (Å²) in [4.78, 5) is 12.7. The Morgan fingerprint density at radius 3 is 2.41 bits per heavy atom. The third-order valence-electron chi connectivity index (χ3n) is 3.55. The van der Waals surface area contributed by atoms with Gasteiger partial charge in [0.1, 0.15) is 0 Å². The molecule has 1 heterocycles. The molecule has 0 fully saturated rings. The van der Waals surface area contributed by atoms with Crippen LogP contribution in [0.15, 0.2) is 6.07 Å². The molecule has 0 unspecified atom stereocenters. The average Bonchev–Trinajstić information content (AvgIpc) is 2.55. The van der Waals surface area contributed by atoms with Gasteiger partial charge in [0.25, 0.3) is 0 Å². The molecule has 1 aromatic rings. The second-order valence-corrected chi connectivity index (χ2v) is 12.0. The molecule has 0 radical (unpaired) electrons. The molecular formula is C13H22O2SSi. The molecular weight excluding hydrogens is 248 g/mol. The van der Waals surface area contributed by atoms with Gasteiger partial charge in [-0.1, -0.05) is 20.8 Å². The predicted octanol–water partition coefficient (Wildman–Crippen LogP) is 4.39. The Balaban J connectivity index is 2.73. The summed E-state index contributed by atoms with van der Waals surface area (Å²) in [7, 11) is -1.70. The zero-order valence-electron chi connectivity index (χ0n) is 11.6. The second-order valence-electron chi connectivity index (χ2n) is 5.90. The zero-order chi connectivity index (χ0) is 13.3. The van der Waals surface area contributed by atoms with Crippen molar-refractivity contribution in [1.29, 1.82) is 0 Å². The van der Waals surface area contributed by atoms with E-state index in [9.17, 15) is 4.79 Å². The lowest BCUT2D eigenvalue weighted by molar-refractivity contribution is 0.112. The Kier molecular flexibility index (Phi) is 4.33. The van der Waals surface area contributed by atoms with Crippen LogP contribution in [0.25, 0.3) is 0 Å². The summed E-state index contributed by atoms with van der Waals surface area (Å²) in [6.45, 7) is 13.9. The fraction of sp³-hybridized carbons (Fsp3) is 0.615. The van der Waals surface area contributed by atoms with Crippen LogP contribution in [0.1, 0.15) is 40.9 Å². The molecule has 0 saturated carbocycles. The molecule has 0 aromatic carbocycles. The maximum absolute atomic E-state index is 10.7. The molecule has 0 saturated heterocycles. The van der Waals surface area contributed by atoms with Crippen LogP contribution in [0.5, 0.6) is 0 Å². The van der Waals surface area contributed by atoms with Crippen molar-refractivity contribution in [1.82, 2.24) is 0 Å². The monoisotopic (exact) mass is 270 g/mol. The lowest BCUT2D eigenvalue weighted by Gasteiger charge is -2.36. The van der Waals surface area contributed by atoms with E-state index in [1.54, 1.807) is 0 Å². The van der Waals surface area contributed by atoms with Crippen molar-refractivity contribution in [2.24, 2.45) is 0 Å². The quantitative estimate of drug-likeness (QED) is 0.599. The summed E-state index contributed by atoms with van der Waals surface area (Å²) in [5, 5.41) is 0.227. The molecule has 0 atom stereocenters. The van der Waals surface area contributed by atoms with Crippen LogP contribution in [0.2, 0.25) is 18.1 Å². The van der Waals surface area contributed by atoms with Gasteiger partial charge in [0.2, 0.25) is 0 Å². The highest BCUT2D eigenvalue weighted by Crippen LogP contribution is 2.37. The summed E-state index contributed by atoms with van der Waals surface area (Å²) in [5.74, 6) is 0. The third-order valence-corrected chi connectivity index (χ3v) is 9.05. The molecule has 17 heavy (non-hydrogen) atoms. The van der Waals surface area contributed by atoms with Crippen molar-refractivity contribution in [3.8, 4) is 0 Å². The molecule has 1 rings (SSSR count). The van der Waals surface area contributed by atoms with E-state index in [1.165, 1.54) is 16.2 Å². The van der Waals surface area contributed by atoms with Crippen LogP contribution in [0, 0.1) is 6.92 Å². The second kappa shape index (κ2) is 5.04. The predicted molar refractivity (Wildman–Crippen MR) is 76.4 cm³/mol. The first-order chi connectivity index (χ1) is 7.67. The van der Waals surface area contributed by atoms with E-state index in [1.807, 2.05) is 13.0 Å². The first kappa shape index (κ1) is 14.6. The lowest BCUT2D eigenvalue weighted by atomic mass is 10.2. The van der Waals surface area contributed by atoms with Crippen LogP contribution >= 0.6 is 11.3 Å².